The zero-order valence-electron chi connectivity index (χ0n) is 13.0. The molecule has 0 aliphatic rings. The normalized spacial score (nSPS) is 10.8. The molecule has 0 saturated carbocycles. The van der Waals surface area contributed by atoms with E-state index in [4.69, 9.17) is 16.3 Å². The summed E-state index contributed by atoms with van der Waals surface area (Å²) in [5.74, 6) is 0.197. The molecular weight excluding hydrogens is 344 g/mol. The highest BCUT2D eigenvalue weighted by molar-refractivity contribution is 7.98. The van der Waals surface area contributed by atoms with Crippen molar-refractivity contribution in [1.29, 1.82) is 0 Å². The maximum atomic E-state index is 11.8. The van der Waals surface area contributed by atoms with Gasteiger partial charge in [0.05, 0.1) is 6.61 Å². The monoisotopic (exact) mass is 358 g/mol. The predicted octanol–water partition coefficient (Wildman–Crippen LogP) is 4.75. The van der Waals surface area contributed by atoms with E-state index in [0.29, 0.717) is 17.5 Å². The van der Waals surface area contributed by atoms with Gasteiger partial charge < -0.3 is 4.74 Å². The largest absolute Gasteiger partial charge is 0.461 e. The van der Waals surface area contributed by atoms with Gasteiger partial charge in [0.15, 0.2) is 10.9 Å². The lowest BCUT2D eigenvalue weighted by molar-refractivity contribution is 0.0518. The predicted molar refractivity (Wildman–Crippen MR) is 96.5 cm³/mol. The first-order valence-electron chi connectivity index (χ1n) is 7.48. The Bertz CT molecular complexity index is 886. The van der Waals surface area contributed by atoms with Gasteiger partial charge in [0, 0.05) is 11.8 Å². The van der Waals surface area contributed by atoms with Gasteiger partial charge in [-0.25, -0.2) is 14.8 Å². The molecule has 6 heteroatoms. The minimum Gasteiger partial charge on any atom is -0.461 e. The molecule has 0 unspecified atom stereocenters. The number of thioether (sulfide) groups is 1. The number of carbonyl (C=O) groups is 1. The fraction of sp³-hybridized carbons (Fsp3) is 0.167. The Kier molecular flexibility index (Phi) is 5.33. The number of hydrogen-bond acceptors (Lipinski definition) is 5. The maximum absolute atomic E-state index is 11.8. The molecule has 4 nitrogen and oxygen atoms in total. The molecule has 0 bridgehead atoms. The van der Waals surface area contributed by atoms with Gasteiger partial charge >= 0.3 is 5.97 Å². The Hall–Kier alpha value is -2.11. The molecule has 2 aromatic carbocycles. The van der Waals surface area contributed by atoms with E-state index in [-0.39, 0.29) is 10.8 Å². The third kappa shape index (κ3) is 4.04. The van der Waals surface area contributed by atoms with Crippen molar-refractivity contribution in [2.24, 2.45) is 0 Å². The third-order valence-electron chi connectivity index (χ3n) is 3.34. The van der Waals surface area contributed by atoms with E-state index in [1.54, 1.807) is 6.92 Å². The second-order valence-electron chi connectivity index (χ2n) is 5.05. The van der Waals surface area contributed by atoms with Crippen LogP contribution in [0.5, 0.6) is 0 Å². The molecule has 3 aromatic rings. The Morgan fingerprint density at radius 1 is 1.12 bits per heavy atom. The highest BCUT2D eigenvalue weighted by atomic mass is 35.5. The van der Waals surface area contributed by atoms with Crippen LogP contribution in [-0.4, -0.2) is 22.5 Å². The van der Waals surface area contributed by atoms with Crippen LogP contribution in [0.2, 0.25) is 5.15 Å². The summed E-state index contributed by atoms with van der Waals surface area (Å²) < 4.78 is 4.95. The van der Waals surface area contributed by atoms with Crippen molar-refractivity contribution in [2.45, 2.75) is 17.8 Å². The summed E-state index contributed by atoms with van der Waals surface area (Å²) in [5.41, 5.74) is 1.33. The molecule has 0 radical (unpaired) electrons. The molecule has 0 atom stereocenters. The van der Waals surface area contributed by atoms with Gasteiger partial charge in [-0.05, 0) is 23.3 Å². The average Bonchev–Trinajstić information content (AvgIpc) is 2.59. The lowest BCUT2D eigenvalue weighted by Crippen LogP contribution is -2.08. The van der Waals surface area contributed by atoms with Gasteiger partial charge in [0.2, 0.25) is 0 Å². The van der Waals surface area contributed by atoms with Crippen molar-refractivity contribution in [3.8, 4) is 0 Å². The van der Waals surface area contributed by atoms with Gasteiger partial charge in [-0.15, -0.1) is 0 Å². The van der Waals surface area contributed by atoms with E-state index in [1.165, 1.54) is 28.6 Å². The zero-order valence-corrected chi connectivity index (χ0v) is 14.6. The maximum Gasteiger partial charge on any atom is 0.357 e. The molecule has 122 valence electrons. The van der Waals surface area contributed by atoms with Crippen molar-refractivity contribution < 1.29 is 9.53 Å². The topological polar surface area (TPSA) is 52.1 Å². The van der Waals surface area contributed by atoms with E-state index in [1.807, 2.05) is 12.1 Å². The Morgan fingerprint density at radius 2 is 1.92 bits per heavy atom. The van der Waals surface area contributed by atoms with E-state index < -0.39 is 5.97 Å². The Labute approximate surface area is 149 Å². The summed E-state index contributed by atoms with van der Waals surface area (Å²) in [4.78, 5) is 20.2. The molecule has 1 heterocycles. The second kappa shape index (κ2) is 7.64. The smallest absolute Gasteiger partial charge is 0.357 e. The van der Waals surface area contributed by atoms with Crippen molar-refractivity contribution in [1.82, 2.24) is 9.97 Å². The highest BCUT2D eigenvalue weighted by Gasteiger charge is 2.12. The molecule has 1 aromatic heterocycles. The number of aromatic nitrogens is 2. The van der Waals surface area contributed by atoms with Crippen LogP contribution in [0.25, 0.3) is 10.8 Å². The number of carbonyl (C=O) groups excluding carboxylic acids is 1. The minimum atomic E-state index is -0.491. The Morgan fingerprint density at radius 3 is 2.71 bits per heavy atom. The zero-order chi connectivity index (χ0) is 16.9. The van der Waals surface area contributed by atoms with Crippen molar-refractivity contribution >= 4 is 40.1 Å². The van der Waals surface area contributed by atoms with Gasteiger partial charge in [-0.3, -0.25) is 0 Å². The number of rotatable bonds is 5. The number of benzene rings is 2. The molecule has 3 rings (SSSR count). The summed E-state index contributed by atoms with van der Waals surface area (Å²) in [5, 5.41) is 3.08. The fourth-order valence-corrected chi connectivity index (χ4v) is 3.28. The standard InChI is InChI=1S/C18H15ClN2O2S/c1-2-23-17(22)15-10-16(19)21-18(20-15)24-11-12-7-8-13-5-3-4-6-14(13)9-12/h3-10H,2,11H2,1H3. The molecule has 0 fully saturated rings. The second-order valence-corrected chi connectivity index (χ2v) is 6.38. The first kappa shape index (κ1) is 16.7. The van der Waals surface area contributed by atoms with Crippen LogP contribution in [0, 0.1) is 0 Å². The van der Waals surface area contributed by atoms with Gasteiger partial charge in [-0.2, -0.15) is 0 Å². The molecule has 0 aliphatic heterocycles. The van der Waals surface area contributed by atoms with Gasteiger partial charge in [0.25, 0.3) is 0 Å². The number of hydrogen-bond donors (Lipinski definition) is 0. The Balaban J connectivity index is 1.76. The number of ether oxygens (including phenoxy) is 1. The molecule has 0 saturated heterocycles. The molecule has 0 spiro atoms. The van der Waals surface area contributed by atoms with Crippen molar-refractivity contribution in [3.63, 3.8) is 0 Å². The van der Waals surface area contributed by atoms with Gasteiger partial charge in [-0.1, -0.05) is 65.8 Å². The lowest BCUT2D eigenvalue weighted by Gasteiger charge is -2.06. The number of fused-ring (bicyclic) bond motifs is 1. The summed E-state index contributed by atoms with van der Waals surface area (Å²) in [6, 6.07) is 15.9. The first-order chi connectivity index (χ1) is 11.7. The third-order valence-corrected chi connectivity index (χ3v) is 4.45. The van der Waals surface area contributed by atoms with Crippen LogP contribution < -0.4 is 0 Å². The van der Waals surface area contributed by atoms with Crippen LogP contribution in [0.3, 0.4) is 0 Å². The molecule has 24 heavy (non-hydrogen) atoms. The van der Waals surface area contributed by atoms with Crippen molar-refractivity contribution in [3.05, 3.63) is 64.9 Å². The number of halogens is 1. The quantitative estimate of drug-likeness (QED) is 0.285. The first-order valence-corrected chi connectivity index (χ1v) is 8.84. The fourth-order valence-electron chi connectivity index (χ4n) is 2.25. The van der Waals surface area contributed by atoms with Crippen LogP contribution in [0.4, 0.5) is 0 Å². The molecular formula is C18H15ClN2O2S. The van der Waals surface area contributed by atoms with Crippen LogP contribution in [-0.2, 0) is 10.5 Å². The minimum absolute atomic E-state index is 0.179. The molecule has 0 N–H and O–H groups in total. The van der Waals surface area contributed by atoms with Crippen molar-refractivity contribution in [2.75, 3.05) is 6.61 Å². The summed E-state index contributed by atoms with van der Waals surface area (Å²) in [7, 11) is 0. The molecule has 0 amide bonds. The summed E-state index contributed by atoms with van der Waals surface area (Å²) in [6.07, 6.45) is 0. The number of nitrogens with zero attached hydrogens (tertiary/aromatic N) is 2. The molecule has 0 aliphatic carbocycles. The SMILES string of the molecule is CCOC(=O)c1cc(Cl)nc(SCc2ccc3ccccc3c2)n1. The van der Waals surface area contributed by atoms with E-state index in [9.17, 15) is 4.79 Å². The lowest BCUT2D eigenvalue weighted by atomic mass is 10.1. The van der Waals surface area contributed by atoms with E-state index >= 15 is 0 Å². The summed E-state index contributed by atoms with van der Waals surface area (Å²) in [6.45, 7) is 2.04. The average molecular weight is 359 g/mol. The number of esters is 1. The van der Waals surface area contributed by atoms with E-state index in [2.05, 4.69) is 40.3 Å². The van der Waals surface area contributed by atoms with Gasteiger partial charge in [0.1, 0.15) is 5.15 Å². The van der Waals surface area contributed by atoms with Crippen LogP contribution in [0.1, 0.15) is 23.0 Å². The van der Waals surface area contributed by atoms with Crippen LogP contribution >= 0.6 is 23.4 Å². The van der Waals surface area contributed by atoms with Crippen LogP contribution in [0.15, 0.2) is 53.7 Å². The highest BCUT2D eigenvalue weighted by Crippen LogP contribution is 2.24. The summed E-state index contributed by atoms with van der Waals surface area (Å²) >= 11 is 7.41. The van der Waals surface area contributed by atoms with E-state index in [0.717, 1.165) is 5.56 Å².